The van der Waals surface area contributed by atoms with Crippen LogP contribution in [0.2, 0.25) is 0 Å². The molecule has 2 rings (SSSR count). The summed E-state index contributed by atoms with van der Waals surface area (Å²) in [6.07, 6.45) is 2.36. The van der Waals surface area contributed by atoms with E-state index in [2.05, 4.69) is 0 Å². The first kappa shape index (κ1) is 11.9. The summed E-state index contributed by atoms with van der Waals surface area (Å²) in [7, 11) is 0. The smallest absolute Gasteiger partial charge is 0.318 e. The average molecular weight is 245 g/mol. The highest BCUT2D eigenvalue weighted by Gasteiger charge is 2.16. The van der Waals surface area contributed by atoms with E-state index in [-0.39, 0.29) is 11.3 Å². The van der Waals surface area contributed by atoms with E-state index in [1.165, 1.54) is 19.2 Å². The van der Waals surface area contributed by atoms with E-state index in [9.17, 15) is 14.7 Å². The summed E-state index contributed by atoms with van der Waals surface area (Å²) < 4.78 is 5.69. The summed E-state index contributed by atoms with van der Waals surface area (Å²) in [6.45, 7) is 1.35. The van der Waals surface area contributed by atoms with Gasteiger partial charge in [-0.1, -0.05) is 30.3 Å². The second-order valence-electron chi connectivity index (χ2n) is 3.69. The molecule has 5 heteroatoms. The minimum atomic E-state index is -0.517. The molecule has 1 N–H and O–H groups in total. The summed E-state index contributed by atoms with van der Waals surface area (Å²) in [4.78, 5) is 22.7. The molecular formula is C13H11NO4. The Balaban J connectivity index is 2.52. The molecule has 0 bridgehead atoms. The lowest BCUT2D eigenvalue weighted by Crippen LogP contribution is -2.10. The number of allylic oxidation sites excluding steroid dienone is 1. The summed E-state index contributed by atoms with van der Waals surface area (Å²) in [5.41, 5.74) is 0.110. The number of aromatic hydroxyl groups is 1. The van der Waals surface area contributed by atoms with Crippen LogP contribution in [0.4, 0.5) is 0 Å². The molecule has 0 saturated heterocycles. The van der Waals surface area contributed by atoms with E-state index in [0.29, 0.717) is 5.56 Å². The number of rotatable bonds is 3. The van der Waals surface area contributed by atoms with Gasteiger partial charge < -0.3 is 9.63 Å². The lowest BCUT2D eigenvalue weighted by atomic mass is 10.1. The molecule has 1 heterocycles. The number of hydrogen-bond donors (Lipinski definition) is 1. The molecule has 0 aliphatic carbocycles. The van der Waals surface area contributed by atoms with Crippen LogP contribution in [0.3, 0.4) is 0 Å². The van der Waals surface area contributed by atoms with Gasteiger partial charge in [-0.15, -0.1) is 4.74 Å². The van der Waals surface area contributed by atoms with Gasteiger partial charge in [-0.2, -0.15) is 0 Å². The van der Waals surface area contributed by atoms with Gasteiger partial charge in [-0.3, -0.25) is 9.59 Å². The molecule has 0 aliphatic heterocycles. The molecule has 2 aromatic rings. The molecule has 0 saturated carbocycles. The summed E-state index contributed by atoms with van der Waals surface area (Å²) in [6, 6.07) is 8.67. The van der Waals surface area contributed by atoms with Gasteiger partial charge in [0.25, 0.3) is 5.56 Å². The molecule has 18 heavy (non-hydrogen) atoms. The van der Waals surface area contributed by atoms with E-state index in [0.717, 1.165) is 4.74 Å². The van der Waals surface area contributed by atoms with Crippen LogP contribution in [0.5, 0.6) is 5.95 Å². The zero-order valence-electron chi connectivity index (χ0n) is 9.66. The predicted molar refractivity (Wildman–Crippen MR) is 66.1 cm³/mol. The Hall–Kier alpha value is -2.56. The van der Waals surface area contributed by atoms with Gasteiger partial charge in [-0.05, 0) is 12.5 Å². The topological polar surface area (TPSA) is 72.4 Å². The first-order valence-corrected chi connectivity index (χ1v) is 5.28. The van der Waals surface area contributed by atoms with Gasteiger partial charge in [0.05, 0.1) is 6.20 Å². The lowest BCUT2D eigenvalue weighted by molar-refractivity contribution is -0.112. The van der Waals surface area contributed by atoms with Gasteiger partial charge >= 0.3 is 5.95 Å². The zero-order valence-corrected chi connectivity index (χ0v) is 9.66. The normalized spacial score (nSPS) is 10.9. The molecular weight excluding hydrogens is 234 g/mol. The highest BCUT2D eigenvalue weighted by atomic mass is 16.6. The van der Waals surface area contributed by atoms with Crippen molar-refractivity contribution in [2.75, 3.05) is 0 Å². The maximum atomic E-state index is 11.9. The number of ketones is 1. The summed E-state index contributed by atoms with van der Waals surface area (Å²) in [5.74, 6) is -0.696. The highest BCUT2D eigenvalue weighted by Crippen LogP contribution is 2.25. The van der Waals surface area contributed by atoms with Gasteiger partial charge in [0, 0.05) is 6.08 Å². The highest BCUT2D eigenvalue weighted by molar-refractivity contribution is 5.89. The lowest BCUT2D eigenvalue weighted by Gasteiger charge is -1.93. The largest absolute Gasteiger partial charge is 0.479 e. The third-order valence-corrected chi connectivity index (χ3v) is 2.32. The van der Waals surface area contributed by atoms with Crippen molar-refractivity contribution in [3.63, 3.8) is 0 Å². The second-order valence-corrected chi connectivity index (χ2v) is 3.69. The van der Waals surface area contributed by atoms with Crippen LogP contribution in [0.1, 0.15) is 6.92 Å². The first-order valence-electron chi connectivity index (χ1n) is 5.28. The van der Waals surface area contributed by atoms with Gasteiger partial charge in [0.1, 0.15) is 5.56 Å². The van der Waals surface area contributed by atoms with Crippen molar-refractivity contribution < 1.29 is 14.4 Å². The predicted octanol–water partition coefficient (Wildman–Crippen LogP) is 1.87. The number of hydrogen-bond acceptors (Lipinski definition) is 4. The van der Waals surface area contributed by atoms with Crippen molar-refractivity contribution >= 4 is 12.0 Å². The third kappa shape index (κ3) is 2.24. The van der Waals surface area contributed by atoms with Crippen LogP contribution < -0.4 is 5.56 Å². The molecule has 0 unspecified atom stereocenters. The third-order valence-electron chi connectivity index (χ3n) is 2.32. The van der Waals surface area contributed by atoms with Crippen LogP contribution in [0.15, 0.2) is 45.7 Å². The van der Waals surface area contributed by atoms with Gasteiger partial charge in [-0.25, -0.2) is 0 Å². The van der Waals surface area contributed by atoms with Crippen LogP contribution in [-0.2, 0) is 4.79 Å². The average Bonchev–Trinajstić information content (AvgIpc) is 2.63. The fraction of sp³-hybridized carbons (Fsp3) is 0.0769. The number of benzene rings is 1. The van der Waals surface area contributed by atoms with Crippen molar-refractivity contribution in [2.24, 2.45) is 0 Å². The maximum absolute atomic E-state index is 11.9. The van der Waals surface area contributed by atoms with E-state index >= 15 is 0 Å². The van der Waals surface area contributed by atoms with E-state index in [1.807, 2.05) is 0 Å². The number of aromatic nitrogens is 1. The number of nitrogens with zero attached hydrogens (tertiary/aromatic N) is 1. The Kier molecular flexibility index (Phi) is 3.14. The molecule has 0 aliphatic rings. The fourth-order valence-electron chi connectivity index (χ4n) is 1.50. The van der Waals surface area contributed by atoms with Gasteiger partial charge in [0.2, 0.25) is 0 Å². The molecule has 0 spiro atoms. The molecule has 0 fully saturated rings. The fourth-order valence-corrected chi connectivity index (χ4v) is 1.50. The van der Waals surface area contributed by atoms with Crippen molar-refractivity contribution in [1.82, 2.24) is 4.74 Å². The van der Waals surface area contributed by atoms with Crippen LogP contribution in [0.25, 0.3) is 17.3 Å². The molecule has 5 nitrogen and oxygen atoms in total. The summed E-state index contributed by atoms with van der Waals surface area (Å²) >= 11 is 0. The van der Waals surface area contributed by atoms with E-state index < -0.39 is 11.5 Å². The quantitative estimate of drug-likeness (QED) is 0.838. The van der Waals surface area contributed by atoms with Crippen LogP contribution >= 0.6 is 0 Å². The van der Waals surface area contributed by atoms with Crippen molar-refractivity contribution in [1.29, 1.82) is 0 Å². The molecule has 0 atom stereocenters. The molecule has 0 amide bonds. The Labute approximate surface area is 103 Å². The van der Waals surface area contributed by atoms with Crippen LogP contribution in [-0.4, -0.2) is 15.6 Å². The Morgan fingerprint density at radius 2 is 2.00 bits per heavy atom. The van der Waals surface area contributed by atoms with E-state index in [1.54, 1.807) is 30.3 Å². The van der Waals surface area contributed by atoms with Crippen molar-refractivity contribution in [2.45, 2.75) is 6.92 Å². The Bertz CT molecular complexity index is 649. The number of carbonyl (C=O) groups is 1. The molecule has 1 aromatic heterocycles. The molecule has 92 valence electrons. The molecule has 0 radical (unpaired) electrons. The van der Waals surface area contributed by atoms with Crippen molar-refractivity contribution in [3.8, 4) is 17.1 Å². The SMILES string of the molecule is CC(=O)/C=C/n1oc(O)c(-c2ccccc2)c1=O. The monoisotopic (exact) mass is 245 g/mol. The minimum Gasteiger partial charge on any atom is -0.479 e. The van der Waals surface area contributed by atoms with Gasteiger partial charge in [0.15, 0.2) is 5.78 Å². The Morgan fingerprint density at radius 1 is 1.33 bits per heavy atom. The standard InChI is InChI=1S/C13H11NO4/c1-9(15)7-8-14-12(16)11(13(17)18-14)10-5-3-2-4-6-10/h2-8,17H,1H3/b8-7+. The Morgan fingerprint density at radius 3 is 2.61 bits per heavy atom. The number of carbonyl (C=O) groups excluding carboxylic acids is 1. The first-order chi connectivity index (χ1) is 8.59. The maximum Gasteiger partial charge on any atom is 0.318 e. The van der Waals surface area contributed by atoms with Crippen LogP contribution in [0, 0.1) is 0 Å². The second kappa shape index (κ2) is 4.75. The molecule has 1 aromatic carbocycles. The zero-order chi connectivity index (χ0) is 13.1. The van der Waals surface area contributed by atoms with Crippen molar-refractivity contribution in [3.05, 3.63) is 46.8 Å². The summed E-state index contributed by atoms with van der Waals surface area (Å²) in [5, 5.41) is 9.62. The minimum absolute atomic E-state index is 0.0730. The van der Waals surface area contributed by atoms with E-state index in [4.69, 9.17) is 4.52 Å².